The smallest absolute Gasteiger partial charge is 0.223 e. The molecule has 1 unspecified atom stereocenters. The van der Waals surface area contributed by atoms with Gasteiger partial charge in [-0.25, -0.2) is 9.67 Å². The molecular formula is C22H31N7O2. The lowest BCUT2D eigenvalue weighted by molar-refractivity contribution is -0.131. The van der Waals surface area contributed by atoms with E-state index in [-0.39, 0.29) is 11.9 Å². The van der Waals surface area contributed by atoms with Gasteiger partial charge in [-0.2, -0.15) is 5.10 Å². The van der Waals surface area contributed by atoms with Gasteiger partial charge in [-0.15, -0.1) is 0 Å². The molecular weight excluding hydrogens is 394 g/mol. The Morgan fingerprint density at radius 2 is 2.06 bits per heavy atom. The van der Waals surface area contributed by atoms with Crippen LogP contribution in [0.2, 0.25) is 0 Å². The Bertz CT molecular complexity index is 915. The molecule has 1 amide bonds. The van der Waals surface area contributed by atoms with E-state index in [4.69, 9.17) is 4.74 Å². The number of hydrogen-bond donors (Lipinski definition) is 2. The Kier molecular flexibility index (Phi) is 6.81. The maximum atomic E-state index is 12.5. The Labute approximate surface area is 182 Å². The van der Waals surface area contributed by atoms with Crippen molar-refractivity contribution in [1.82, 2.24) is 30.3 Å². The molecule has 1 atom stereocenters. The van der Waals surface area contributed by atoms with Crippen LogP contribution in [-0.2, 0) is 42.2 Å². The number of nitrogens with zero attached hydrogens (tertiary/aromatic N) is 5. The molecule has 9 heteroatoms. The van der Waals surface area contributed by atoms with Crippen LogP contribution in [0.4, 0.5) is 0 Å². The average Bonchev–Trinajstić information content (AvgIpc) is 3.39. The maximum Gasteiger partial charge on any atom is 0.223 e. The van der Waals surface area contributed by atoms with Crippen molar-refractivity contribution < 1.29 is 9.53 Å². The topological polar surface area (TPSA) is 96.7 Å². The molecule has 2 aliphatic rings. The van der Waals surface area contributed by atoms with E-state index in [9.17, 15) is 4.79 Å². The number of nitrogens with one attached hydrogen (secondary N) is 2. The van der Waals surface area contributed by atoms with Crippen LogP contribution in [0.25, 0.3) is 0 Å². The Balaban J connectivity index is 1.18. The second-order valence-corrected chi connectivity index (χ2v) is 8.06. The number of rotatable bonds is 7. The van der Waals surface area contributed by atoms with Crippen LogP contribution in [0.3, 0.4) is 0 Å². The molecule has 0 saturated heterocycles. The van der Waals surface area contributed by atoms with Gasteiger partial charge in [0.05, 0.1) is 6.54 Å². The van der Waals surface area contributed by atoms with Crippen molar-refractivity contribution in [3.63, 3.8) is 0 Å². The third-order valence-electron chi connectivity index (χ3n) is 5.79. The molecule has 0 radical (unpaired) electrons. The van der Waals surface area contributed by atoms with Crippen LogP contribution in [0.15, 0.2) is 29.3 Å². The maximum absolute atomic E-state index is 12.5. The summed E-state index contributed by atoms with van der Waals surface area (Å²) >= 11 is 0. The minimum atomic E-state index is 0.207. The SMILES string of the molecule is CN=C(NCCCC(=O)N1Cc2ccccc2C1)NC1CCc2nc(COC)nn2C1. The van der Waals surface area contributed by atoms with Gasteiger partial charge in [0.25, 0.3) is 0 Å². The van der Waals surface area contributed by atoms with Crippen LogP contribution in [0, 0.1) is 0 Å². The third-order valence-corrected chi connectivity index (χ3v) is 5.79. The summed E-state index contributed by atoms with van der Waals surface area (Å²) in [4.78, 5) is 23.3. The van der Waals surface area contributed by atoms with Crippen molar-refractivity contribution in [3.05, 3.63) is 47.0 Å². The zero-order valence-electron chi connectivity index (χ0n) is 18.3. The summed E-state index contributed by atoms with van der Waals surface area (Å²) in [7, 11) is 3.42. The summed E-state index contributed by atoms with van der Waals surface area (Å²) in [6.07, 6.45) is 3.15. The number of carbonyl (C=O) groups is 1. The minimum Gasteiger partial charge on any atom is -0.377 e. The third kappa shape index (κ3) is 5.22. The number of carbonyl (C=O) groups excluding carboxylic acids is 1. The van der Waals surface area contributed by atoms with Gasteiger partial charge in [0.15, 0.2) is 11.8 Å². The molecule has 0 fully saturated rings. The van der Waals surface area contributed by atoms with Crippen LogP contribution >= 0.6 is 0 Å². The van der Waals surface area contributed by atoms with Crippen LogP contribution < -0.4 is 10.6 Å². The summed E-state index contributed by atoms with van der Waals surface area (Å²) in [5, 5.41) is 11.3. The number of benzene rings is 1. The first-order valence-corrected chi connectivity index (χ1v) is 10.9. The Hall–Kier alpha value is -2.94. The summed E-state index contributed by atoms with van der Waals surface area (Å²) < 4.78 is 7.08. The lowest BCUT2D eigenvalue weighted by atomic mass is 10.1. The summed E-state index contributed by atoms with van der Waals surface area (Å²) in [6.45, 7) is 3.34. The van der Waals surface area contributed by atoms with Crippen LogP contribution in [0.1, 0.15) is 42.0 Å². The van der Waals surface area contributed by atoms with Gasteiger partial charge in [-0.3, -0.25) is 9.79 Å². The van der Waals surface area contributed by atoms with Gasteiger partial charge in [-0.1, -0.05) is 24.3 Å². The standard InChI is InChI=1S/C22H31N7O2/c1-23-22(25-18-9-10-20-26-19(15-31-2)27-29(20)14-18)24-11-5-8-21(30)28-12-16-6-3-4-7-17(16)13-28/h3-4,6-7,18H,5,8-15H2,1-2H3,(H2,23,24,25). The molecule has 0 saturated carbocycles. The molecule has 31 heavy (non-hydrogen) atoms. The minimum absolute atomic E-state index is 0.207. The average molecular weight is 426 g/mol. The number of guanidine groups is 1. The largest absolute Gasteiger partial charge is 0.377 e. The van der Waals surface area contributed by atoms with Gasteiger partial charge in [0.2, 0.25) is 5.91 Å². The van der Waals surface area contributed by atoms with Crippen molar-refractivity contribution in [1.29, 1.82) is 0 Å². The van der Waals surface area contributed by atoms with Gasteiger partial charge in [0.1, 0.15) is 12.4 Å². The van der Waals surface area contributed by atoms with Crippen LogP contribution in [-0.4, -0.2) is 58.3 Å². The number of aromatic nitrogens is 3. The summed E-state index contributed by atoms with van der Waals surface area (Å²) in [6, 6.07) is 8.51. The molecule has 166 valence electrons. The number of ether oxygens (including phenoxy) is 1. The molecule has 2 aliphatic heterocycles. The summed E-state index contributed by atoms with van der Waals surface area (Å²) in [5.74, 6) is 2.70. The number of methoxy groups -OCH3 is 1. The number of fused-ring (bicyclic) bond motifs is 2. The highest BCUT2D eigenvalue weighted by Gasteiger charge is 2.23. The molecule has 2 aromatic rings. The fourth-order valence-electron chi connectivity index (χ4n) is 4.17. The molecule has 3 heterocycles. The van der Waals surface area contributed by atoms with E-state index < -0.39 is 0 Å². The zero-order valence-corrected chi connectivity index (χ0v) is 18.3. The van der Waals surface area contributed by atoms with E-state index in [0.29, 0.717) is 19.6 Å². The van der Waals surface area contributed by atoms with E-state index in [1.165, 1.54) is 11.1 Å². The van der Waals surface area contributed by atoms with E-state index in [1.807, 2.05) is 21.7 Å². The molecule has 0 spiro atoms. The second-order valence-electron chi connectivity index (χ2n) is 8.06. The van der Waals surface area contributed by atoms with E-state index in [1.54, 1.807) is 14.2 Å². The van der Waals surface area contributed by atoms with Crippen molar-refractivity contribution in [2.75, 3.05) is 20.7 Å². The molecule has 1 aromatic heterocycles. The Morgan fingerprint density at radius 1 is 1.29 bits per heavy atom. The van der Waals surface area contributed by atoms with Crippen LogP contribution in [0.5, 0.6) is 0 Å². The van der Waals surface area contributed by atoms with Gasteiger partial charge in [-0.05, 0) is 24.0 Å². The quantitative estimate of drug-likeness (QED) is 0.393. The van der Waals surface area contributed by atoms with Gasteiger partial charge < -0.3 is 20.3 Å². The first kappa shape index (κ1) is 21.3. The van der Waals surface area contributed by atoms with Gasteiger partial charge in [0, 0.05) is 52.7 Å². The highest BCUT2D eigenvalue weighted by molar-refractivity contribution is 5.80. The molecule has 2 N–H and O–H groups in total. The fraction of sp³-hybridized carbons (Fsp3) is 0.545. The monoisotopic (exact) mass is 425 g/mol. The normalized spacial score (nSPS) is 17.9. The molecule has 9 nitrogen and oxygen atoms in total. The summed E-state index contributed by atoms with van der Waals surface area (Å²) in [5.41, 5.74) is 2.52. The van der Waals surface area contributed by atoms with Crippen molar-refractivity contribution >= 4 is 11.9 Å². The number of aryl methyl sites for hydroxylation is 1. The van der Waals surface area contributed by atoms with Crippen molar-refractivity contribution in [2.45, 2.75) is 58.0 Å². The fourth-order valence-corrected chi connectivity index (χ4v) is 4.17. The number of aliphatic imine (C=N–C) groups is 1. The van der Waals surface area contributed by atoms with Gasteiger partial charge >= 0.3 is 0 Å². The lowest BCUT2D eigenvalue weighted by Crippen LogP contribution is -2.47. The first-order chi connectivity index (χ1) is 15.2. The zero-order chi connectivity index (χ0) is 21.6. The lowest BCUT2D eigenvalue weighted by Gasteiger charge is -2.25. The molecule has 1 aromatic carbocycles. The first-order valence-electron chi connectivity index (χ1n) is 10.9. The van der Waals surface area contributed by atoms with E-state index in [2.05, 4.69) is 37.8 Å². The highest BCUT2D eigenvalue weighted by Crippen LogP contribution is 2.22. The van der Waals surface area contributed by atoms with E-state index in [0.717, 1.165) is 56.5 Å². The predicted octanol–water partition coefficient (Wildman–Crippen LogP) is 1.23. The second kappa shape index (κ2) is 9.91. The Morgan fingerprint density at radius 3 is 2.77 bits per heavy atom. The number of amides is 1. The number of hydrogen-bond acceptors (Lipinski definition) is 5. The highest BCUT2D eigenvalue weighted by atomic mass is 16.5. The van der Waals surface area contributed by atoms with Crippen molar-refractivity contribution in [2.24, 2.45) is 4.99 Å². The molecule has 0 bridgehead atoms. The van der Waals surface area contributed by atoms with E-state index >= 15 is 0 Å². The van der Waals surface area contributed by atoms with Crippen molar-refractivity contribution in [3.8, 4) is 0 Å². The molecule has 4 rings (SSSR count). The predicted molar refractivity (Wildman–Crippen MR) is 117 cm³/mol. The molecule has 0 aliphatic carbocycles.